The van der Waals surface area contributed by atoms with Gasteiger partial charge in [0.05, 0.1) is 0 Å². The maximum Gasteiger partial charge on any atom is 0.330 e. The van der Waals surface area contributed by atoms with Crippen molar-refractivity contribution in [2.75, 3.05) is 11.9 Å². The summed E-state index contributed by atoms with van der Waals surface area (Å²) in [5, 5.41) is 4.90. The van der Waals surface area contributed by atoms with Gasteiger partial charge in [-0.3, -0.25) is 19.8 Å². The fourth-order valence-corrected chi connectivity index (χ4v) is 2.27. The summed E-state index contributed by atoms with van der Waals surface area (Å²) in [4.78, 5) is 37.2. The number of amides is 4. The van der Waals surface area contributed by atoms with Crippen LogP contribution in [0.25, 0.3) is 0 Å². The van der Waals surface area contributed by atoms with E-state index in [-0.39, 0.29) is 12.2 Å². The molecule has 1 aromatic carbocycles. The Hall–Kier alpha value is -2.70. The van der Waals surface area contributed by atoms with E-state index in [1.165, 1.54) is 18.2 Å². The number of nitrogens with zero attached hydrogens (tertiary/aromatic N) is 1. The molecule has 0 aromatic heterocycles. The molecule has 2 rings (SSSR count). The summed E-state index contributed by atoms with van der Waals surface area (Å²) in [5.41, 5.74) is 0.458. The summed E-state index contributed by atoms with van der Waals surface area (Å²) in [5.74, 6) is -3.04. The topological polar surface area (TPSA) is 78.5 Å². The Bertz CT molecular complexity index is 660. The lowest BCUT2D eigenvalue weighted by Gasteiger charge is -2.31. The van der Waals surface area contributed by atoms with Crippen LogP contribution < -0.4 is 10.6 Å². The molecule has 122 valence electrons. The number of imide groups is 2. The van der Waals surface area contributed by atoms with Crippen LogP contribution in [0.4, 0.5) is 14.9 Å². The first-order valence-corrected chi connectivity index (χ1v) is 7.31. The lowest BCUT2D eigenvalue weighted by atomic mass is 10.0. The van der Waals surface area contributed by atoms with Gasteiger partial charge < -0.3 is 5.32 Å². The first-order valence-electron chi connectivity index (χ1n) is 7.31. The van der Waals surface area contributed by atoms with Crippen molar-refractivity contribution in [2.45, 2.75) is 19.8 Å². The van der Waals surface area contributed by atoms with Crippen molar-refractivity contribution >= 4 is 23.5 Å². The summed E-state index contributed by atoms with van der Waals surface area (Å²) in [6.45, 7) is 5.85. The molecule has 6 nitrogen and oxygen atoms in total. The minimum absolute atomic E-state index is 0.0899. The Labute approximate surface area is 133 Å². The Morgan fingerprint density at radius 1 is 1.39 bits per heavy atom. The average Bonchev–Trinajstić information content (AvgIpc) is 2.46. The van der Waals surface area contributed by atoms with Crippen molar-refractivity contribution in [1.82, 2.24) is 10.2 Å². The maximum atomic E-state index is 13.2. The SMILES string of the molecule is C=C(Nc1cccc(F)c1)[C@H]1C(=O)NC(=O)N(CCCC)C1=O. The Balaban J connectivity index is 2.15. The standard InChI is InChI=1S/C16H18FN3O3/c1-3-4-8-20-15(22)13(14(21)19-16(20)23)10(2)18-12-7-5-6-11(17)9-12/h5-7,9,13,18H,2-4,8H2,1H3,(H,19,21,23)/t13-/m0/s1. The van der Waals surface area contributed by atoms with Gasteiger partial charge in [-0.2, -0.15) is 0 Å². The molecule has 0 spiro atoms. The van der Waals surface area contributed by atoms with Crippen LogP contribution in [0.15, 0.2) is 36.5 Å². The number of anilines is 1. The number of halogens is 1. The van der Waals surface area contributed by atoms with Gasteiger partial charge >= 0.3 is 6.03 Å². The predicted molar refractivity (Wildman–Crippen MR) is 82.8 cm³/mol. The molecule has 1 saturated heterocycles. The molecule has 1 aliphatic rings. The minimum atomic E-state index is -1.23. The van der Waals surface area contributed by atoms with E-state index in [0.717, 1.165) is 11.3 Å². The van der Waals surface area contributed by atoms with Crippen LogP contribution >= 0.6 is 0 Å². The lowest BCUT2D eigenvalue weighted by molar-refractivity contribution is -0.140. The van der Waals surface area contributed by atoms with E-state index < -0.39 is 29.6 Å². The molecule has 7 heteroatoms. The first-order chi connectivity index (χ1) is 10.9. The second-order valence-electron chi connectivity index (χ2n) is 5.23. The number of hydrogen-bond donors (Lipinski definition) is 2. The van der Waals surface area contributed by atoms with E-state index >= 15 is 0 Å². The molecule has 0 aliphatic carbocycles. The fourth-order valence-electron chi connectivity index (χ4n) is 2.27. The van der Waals surface area contributed by atoms with Crippen molar-refractivity contribution in [2.24, 2.45) is 5.92 Å². The number of barbiturate groups is 1. The van der Waals surface area contributed by atoms with Gasteiger partial charge in [-0.15, -0.1) is 0 Å². The molecule has 0 bridgehead atoms. The monoisotopic (exact) mass is 319 g/mol. The molecule has 1 heterocycles. The van der Waals surface area contributed by atoms with E-state index in [9.17, 15) is 18.8 Å². The number of unbranched alkanes of at least 4 members (excludes halogenated alkanes) is 1. The van der Waals surface area contributed by atoms with E-state index in [0.29, 0.717) is 12.1 Å². The number of nitrogens with one attached hydrogen (secondary N) is 2. The highest BCUT2D eigenvalue weighted by atomic mass is 19.1. The van der Waals surface area contributed by atoms with Gasteiger partial charge in [-0.05, 0) is 24.6 Å². The van der Waals surface area contributed by atoms with E-state index in [1.54, 1.807) is 6.07 Å². The van der Waals surface area contributed by atoms with Gasteiger partial charge in [-0.25, -0.2) is 9.18 Å². The summed E-state index contributed by atoms with van der Waals surface area (Å²) >= 11 is 0. The van der Waals surface area contributed by atoms with E-state index in [2.05, 4.69) is 17.2 Å². The van der Waals surface area contributed by atoms with Crippen molar-refractivity contribution in [3.8, 4) is 0 Å². The summed E-state index contributed by atoms with van der Waals surface area (Å²) in [6, 6.07) is 4.85. The van der Waals surface area contributed by atoms with Crippen molar-refractivity contribution in [3.63, 3.8) is 0 Å². The van der Waals surface area contributed by atoms with Gasteiger partial charge in [0.15, 0.2) is 5.92 Å². The van der Waals surface area contributed by atoms with Crippen LogP contribution in [-0.4, -0.2) is 29.3 Å². The van der Waals surface area contributed by atoms with Gasteiger partial charge in [-0.1, -0.05) is 26.0 Å². The van der Waals surface area contributed by atoms with Gasteiger partial charge in [0.1, 0.15) is 5.82 Å². The lowest BCUT2D eigenvalue weighted by Crippen LogP contribution is -2.58. The van der Waals surface area contributed by atoms with Gasteiger partial charge in [0, 0.05) is 17.9 Å². The molecule has 2 N–H and O–H groups in total. The van der Waals surface area contributed by atoms with Crippen molar-refractivity contribution in [3.05, 3.63) is 42.4 Å². The third-order valence-corrected chi connectivity index (χ3v) is 3.46. The summed E-state index contributed by atoms with van der Waals surface area (Å²) in [6.07, 6.45) is 1.45. The molecule has 4 amide bonds. The van der Waals surface area contributed by atoms with Crippen LogP contribution in [-0.2, 0) is 9.59 Å². The van der Waals surface area contributed by atoms with Crippen molar-refractivity contribution < 1.29 is 18.8 Å². The minimum Gasteiger partial charge on any atom is -0.358 e. The molecule has 0 unspecified atom stereocenters. The quantitative estimate of drug-likeness (QED) is 0.788. The number of benzene rings is 1. The second-order valence-corrected chi connectivity index (χ2v) is 5.23. The van der Waals surface area contributed by atoms with Crippen LogP contribution in [0.5, 0.6) is 0 Å². The van der Waals surface area contributed by atoms with Gasteiger partial charge in [0.25, 0.3) is 0 Å². The second kappa shape index (κ2) is 7.04. The van der Waals surface area contributed by atoms with Crippen LogP contribution in [0.1, 0.15) is 19.8 Å². The number of carbonyl (C=O) groups is 3. The summed E-state index contributed by atoms with van der Waals surface area (Å²) in [7, 11) is 0. The molecule has 1 fully saturated rings. The van der Waals surface area contributed by atoms with Crippen molar-refractivity contribution in [1.29, 1.82) is 0 Å². The van der Waals surface area contributed by atoms with Crippen LogP contribution in [0.3, 0.4) is 0 Å². The molecule has 1 aliphatic heterocycles. The average molecular weight is 319 g/mol. The smallest absolute Gasteiger partial charge is 0.330 e. The molecule has 0 saturated carbocycles. The molecular formula is C16H18FN3O3. The molecule has 1 aromatic rings. The highest BCUT2D eigenvalue weighted by Crippen LogP contribution is 2.21. The fraction of sp³-hybridized carbons (Fsp3) is 0.312. The molecular weight excluding hydrogens is 301 g/mol. The predicted octanol–water partition coefficient (Wildman–Crippen LogP) is 2.25. The zero-order chi connectivity index (χ0) is 17.0. The number of urea groups is 1. The van der Waals surface area contributed by atoms with E-state index in [4.69, 9.17) is 0 Å². The molecule has 1 atom stereocenters. The number of rotatable bonds is 6. The van der Waals surface area contributed by atoms with E-state index in [1.807, 2.05) is 6.92 Å². The maximum absolute atomic E-state index is 13.2. The first kappa shape index (κ1) is 16.7. The zero-order valence-electron chi connectivity index (χ0n) is 12.8. The highest BCUT2D eigenvalue weighted by molar-refractivity contribution is 6.17. The highest BCUT2D eigenvalue weighted by Gasteiger charge is 2.41. The molecule has 23 heavy (non-hydrogen) atoms. The third-order valence-electron chi connectivity index (χ3n) is 3.46. The Morgan fingerprint density at radius 3 is 2.78 bits per heavy atom. The Morgan fingerprint density at radius 2 is 2.13 bits per heavy atom. The normalized spacial score (nSPS) is 17.9. The zero-order valence-corrected chi connectivity index (χ0v) is 12.8. The van der Waals surface area contributed by atoms with Crippen LogP contribution in [0.2, 0.25) is 0 Å². The number of carbonyl (C=O) groups excluding carboxylic acids is 3. The Kier molecular flexibility index (Phi) is 5.10. The van der Waals surface area contributed by atoms with Crippen LogP contribution in [0, 0.1) is 11.7 Å². The third kappa shape index (κ3) is 3.74. The van der Waals surface area contributed by atoms with Gasteiger partial charge in [0.2, 0.25) is 11.8 Å². The summed E-state index contributed by atoms with van der Waals surface area (Å²) < 4.78 is 13.2. The largest absolute Gasteiger partial charge is 0.358 e. The number of hydrogen-bond acceptors (Lipinski definition) is 4. The molecule has 0 radical (unpaired) electrons.